The summed E-state index contributed by atoms with van der Waals surface area (Å²) in [7, 11) is 0. The molecule has 1 aliphatic rings. The summed E-state index contributed by atoms with van der Waals surface area (Å²) in [5.41, 5.74) is 0.724. The molecule has 1 saturated heterocycles. The summed E-state index contributed by atoms with van der Waals surface area (Å²) in [4.78, 5) is 14.1. The van der Waals surface area contributed by atoms with Crippen molar-refractivity contribution in [3.63, 3.8) is 0 Å². The van der Waals surface area contributed by atoms with Crippen molar-refractivity contribution in [2.45, 2.75) is 6.54 Å². The molecule has 0 radical (unpaired) electrons. The van der Waals surface area contributed by atoms with E-state index in [0.29, 0.717) is 5.92 Å². The van der Waals surface area contributed by atoms with Crippen LogP contribution in [0.3, 0.4) is 0 Å². The third kappa shape index (κ3) is 2.53. The van der Waals surface area contributed by atoms with Gasteiger partial charge in [0, 0.05) is 36.2 Å². The number of amides is 1. The molecule has 1 aromatic carbocycles. The van der Waals surface area contributed by atoms with Gasteiger partial charge in [0.15, 0.2) is 0 Å². The van der Waals surface area contributed by atoms with Gasteiger partial charge >= 0.3 is 0 Å². The lowest BCUT2D eigenvalue weighted by Crippen LogP contribution is -2.51. The van der Waals surface area contributed by atoms with Crippen molar-refractivity contribution in [3.05, 3.63) is 46.7 Å². The van der Waals surface area contributed by atoms with Crippen LogP contribution in [-0.4, -0.2) is 38.9 Å². The zero-order chi connectivity index (χ0) is 13.2. The molecule has 1 amide bonds. The minimum Gasteiger partial charge on any atom is -0.338 e. The molecule has 1 aromatic heterocycles. The lowest BCUT2D eigenvalue weighted by Gasteiger charge is -2.39. The average molecular weight is 321 g/mol. The van der Waals surface area contributed by atoms with Gasteiger partial charge in [-0.3, -0.25) is 9.48 Å². The number of benzene rings is 1. The van der Waals surface area contributed by atoms with E-state index in [1.807, 2.05) is 40.0 Å². The molecule has 2 aromatic rings. The number of aromatic nitrogens is 3. The predicted octanol–water partition coefficient (Wildman–Crippen LogP) is 1.81. The van der Waals surface area contributed by atoms with Gasteiger partial charge in [0.25, 0.3) is 5.91 Å². The van der Waals surface area contributed by atoms with Gasteiger partial charge in [-0.2, -0.15) is 0 Å². The van der Waals surface area contributed by atoms with Crippen molar-refractivity contribution in [2.75, 3.05) is 13.1 Å². The molecule has 0 spiro atoms. The van der Waals surface area contributed by atoms with E-state index in [1.54, 1.807) is 6.20 Å². The summed E-state index contributed by atoms with van der Waals surface area (Å²) in [5.74, 6) is 0.551. The summed E-state index contributed by atoms with van der Waals surface area (Å²) >= 11 is 3.41. The van der Waals surface area contributed by atoms with Crippen LogP contribution in [0.4, 0.5) is 0 Å². The number of carbonyl (C=O) groups is 1. The van der Waals surface area contributed by atoms with Crippen LogP contribution < -0.4 is 0 Å². The number of rotatable bonds is 3. The van der Waals surface area contributed by atoms with E-state index < -0.39 is 0 Å². The Kier molecular flexibility index (Phi) is 3.33. The molecule has 6 heteroatoms. The van der Waals surface area contributed by atoms with Crippen LogP contribution in [0.5, 0.6) is 0 Å². The molecule has 0 bridgehead atoms. The van der Waals surface area contributed by atoms with E-state index in [2.05, 4.69) is 26.2 Å². The Balaban J connectivity index is 1.59. The number of nitrogens with zero attached hydrogens (tertiary/aromatic N) is 4. The highest BCUT2D eigenvalue weighted by atomic mass is 79.9. The van der Waals surface area contributed by atoms with Gasteiger partial charge in [0.05, 0.1) is 11.8 Å². The van der Waals surface area contributed by atoms with Crippen molar-refractivity contribution in [2.24, 2.45) is 5.92 Å². The number of hydrogen-bond acceptors (Lipinski definition) is 3. The summed E-state index contributed by atoms with van der Waals surface area (Å²) in [6.45, 7) is 2.37. The topological polar surface area (TPSA) is 51.0 Å². The van der Waals surface area contributed by atoms with Crippen molar-refractivity contribution in [1.82, 2.24) is 19.9 Å². The van der Waals surface area contributed by atoms with Crippen LogP contribution in [0.1, 0.15) is 10.4 Å². The lowest BCUT2D eigenvalue weighted by atomic mass is 9.99. The molecule has 0 aliphatic carbocycles. The van der Waals surface area contributed by atoms with Crippen molar-refractivity contribution < 1.29 is 4.79 Å². The number of hydrogen-bond donors (Lipinski definition) is 0. The number of halogens is 1. The summed E-state index contributed by atoms with van der Waals surface area (Å²) in [5, 5.41) is 7.71. The van der Waals surface area contributed by atoms with Crippen LogP contribution in [0.25, 0.3) is 0 Å². The normalized spacial score (nSPS) is 15.3. The zero-order valence-corrected chi connectivity index (χ0v) is 11.8. The van der Waals surface area contributed by atoms with Crippen LogP contribution in [0.15, 0.2) is 41.1 Å². The van der Waals surface area contributed by atoms with Gasteiger partial charge in [0.1, 0.15) is 0 Å². The average Bonchev–Trinajstić information content (AvgIpc) is 2.86. The Morgan fingerprint density at radius 3 is 2.84 bits per heavy atom. The molecule has 0 N–H and O–H groups in total. The molecule has 3 rings (SSSR count). The highest BCUT2D eigenvalue weighted by Gasteiger charge is 2.32. The molecule has 0 saturated carbocycles. The lowest BCUT2D eigenvalue weighted by molar-refractivity contribution is 0.0459. The van der Waals surface area contributed by atoms with Gasteiger partial charge in [-0.05, 0) is 28.1 Å². The molecule has 0 atom stereocenters. The largest absolute Gasteiger partial charge is 0.338 e. The maximum Gasteiger partial charge on any atom is 0.255 e. The Hall–Kier alpha value is -1.69. The minimum atomic E-state index is 0.0855. The van der Waals surface area contributed by atoms with Gasteiger partial charge in [-0.1, -0.05) is 17.3 Å². The first-order valence-corrected chi connectivity index (χ1v) is 6.91. The number of carbonyl (C=O) groups excluding carboxylic acids is 1. The smallest absolute Gasteiger partial charge is 0.255 e. The molecule has 1 aliphatic heterocycles. The predicted molar refractivity (Wildman–Crippen MR) is 73.6 cm³/mol. The van der Waals surface area contributed by atoms with Crippen LogP contribution in [0, 0.1) is 5.92 Å². The van der Waals surface area contributed by atoms with Crippen molar-refractivity contribution >= 4 is 21.8 Å². The molecule has 98 valence electrons. The Labute approximate surface area is 119 Å². The first-order valence-electron chi connectivity index (χ1n) is 6.12. The minimum absolute atomic E-state index is 0.0855. The molecular weight excluding hydrogens is 308 g/mol. The highest BCUT2D eigenvalue weighted by molar-refractivity contribution is 9.10. The zero-order valence-electron chi connectivity index (χ0n) is 10.2. The number of likely N-dealkylation sites (tertiary alicyclic amines) is 1. The van der Waals surface area contributed by atoms with E-state index in [0.717, 1.165) is 29.7 Å². The third-order valence-electron chi connectivity index (χ3n) is 3.27. The summed E-state index contributed by atoms with van der Waals surface area (Å²) in [6, 6.07) is 7.52. The van der Waals surface area contributed by atoms with E-state index in [4.69, 9.17) is 0 Å². The van der Waals surface area contributed by atoms with E-state index in [1.165, 1.54) is 0 Å². The second-order valence-electron chi connectivity index (χ2n) is 4.68. The Bertz CT molecular complexity index is 578. The SMILES string of the molecule is O=C(c1ccccc1Br)N1CC(Cn2ccnn2)C1. The molecule has 19 heavy (non-hydrogen) atoms. The van der Waals surface area contributed by atoms with Crippen LogP contribution in [-0.2, 0) is 6.54 Å². The van der Waals surface area contributed by atoms with E-state index >= 15 is 0 Å². The van der Waals surface area contributed by atoms with E-state index in [-0.39, 0.29) is 5.91 Å². The van der Waals surface area contributed by atoms with E-state index in [9.17, 15) is 4.79 Å². The first-order chi connectivity index (χ1) is 9.24. The van der Waals surface area contributed by atoms with Crippen molar-refractivity contribution in [1.29, 1.82) is 0 Å². The quantitative estimate of drug-likeness (QED) is 0.866. The van der Waals surface area contributed by atoms with Gasteiger partial charge in [-0.15, -0.1) is 5.10 Å². The van der Waals surface area contributed by atoms with Crippen LogP contribution >= 0.6 is 15.9 Å². The van der Waals surface area contributed by atoms with Crippen LogP contribution in [0.2, 0.25) is 0 Å². The van der Waals surface area contributed by atoms with Gasteiger partial charge in [0.2, 0.25) is 0 Å². The molecule has 1 fully saturated rings. The van der Waals surface area contributed by atoms with Crippen molar-refractivity contribution in [3.8, 4) is 0 Å². The monoisotopic (exact) mass is 320 g/mol. The fourth-order valence-corrected chi connectivity index (χ4v) is 2.71. The van der Waals surface area contributed by atoms with Gasteiger partial charge in [-0.25, -0.2) is 0 Å². The third-order valence-corrected chi connectivity index (χ3v) is 3.96. The maximum atomic E-state index is 12.3. The maximum absolute atomic E-state index is 12.3. The van der Waals surface area contributed by atoms with Gasteiger partial charge < -0.3 is 4.90 Å². The second-order valence-corrected chi connectivity index (χ2v) is 5.54. The second kappa shape index (κ2) is 5.13. The Morgan fingerprint density at radius 2 is 2.16 bits per heavy atom. The molecule has 0 unspecified atom stereocenters. The standard InChI is InChI=1S/C13H13BrN4O/c14-12-4-2-1-3-11(12)13(19)17-7-10(8-17)9-18-6-5-15-16-18/h1-6,10H,7-9H2. The fourth-order valence-electron chi connectivity index (χ4n) is 2.25. The fraction of sp³-hybridized carbons (Fsp3) is 0.308. The summed E-state index contributed by atoms with van der Waals surface area (Å²) < 4.78 is 2.66. The summed E-state index contributed by atoms with van der Waals surface area (Å²) in [6.07, 6.45) is 3.51. The highest BCUT2D eigenvalue weighted by Crippen LogP contribution is 2.23. The first kappa shape index (κ1) is 12.3. The Morgan fingerprint density at radius 1 is 1.37 bits per heavy atom. The molecule has 5 nitrogen and oxygen atoms in total. The molecular formula is C13H13BrN4O. The molecule has 2 heterocycles.